The van der Waals surface area contributed by atoms with Gasteiger partial charge in [-0.15, -0.1) is 0 Å². The molecule has 1 aliphatic heterocycles. The summed E-state index contributed by atoms with van der Waals surface area (Å²) in [6.45, 7) is 4.68. The average Bonchev–Trinajstić information content (AvgIpc) is 3.00. The summed E-state index contributed by atoms with van der Waals surface area (Å²) in [7, 11) is -1.68. The summed E-state index contributed by atoms with van der Waals surface area (Å²) in [4.78, 5) is 9.91. The molecule has 0 spiro atoms. The quantitative estimate of drug-likeness (QED) is 0.811. The van der Waals surface area contributed by atoms with Gasteiger partial charge in [-0.25, -0.2) is 0 Å². The molecule has 0 saturated heterocycles. The summed E-state index contributed by atoms with van der Waals surface area (Å²) in [5.74, 6) is 0. The van der Waals surface area contributed by atoms with Crippen molar-refractivity contribution in [1.29, 1.82) is 0 Å². The minimum Gasteiger partial charge on any atom is -0.395 e. The summed E-state index contributed by atoms with van der Waals surface area (Å²) < 4.78 is 0. The fourth-order valence-corrected chi connectivity index (χ4v) is 4.97. The Bertz CT molecular complexity index is 611. The van der Waals surface area contributed by atoms with E-state index in [1.807, 2.05) is 18.3 Å². The van der Waals surface area contributed by atoms with E-state index in [0.29, 0.717) is 0 Å². The minimum atomic E-state index is -1.68. The van der Waals surface area contributed by atoms with E-state index in [2.05, 4.69) is 53.6 Å². The lowest BCUT2D eigenvalue weighted by atomic mass is 10.1. The second-order valence-corrected chi connectivity index (χ2v) is 10.3. The van der Waals surface area contributed by atoms with E-state index in [-0.39, 0.29) is 5.73 Å². The molecule has 0 N–H and O–H groups in total. The molecule has 0 fully saturated rings. The first kappa shape index (κ1) is 13.1. The van der Waals surface area contributed by atoms with Crippen LogP contribution in [0.4, 0.5) is 0 Å². The number of aromatic nitrogens is 1. The van der Waals surface area contributed by atoms with Crippen LogP contribution in [0.25, 0.3) is 0 Å². The zero-order valence-corrected chi connectivity index (χ0v) is 12.8. The van der Waals surface area contributed by atoms with Gasteiger partial charge in [-0.1, -0.05) is 53.8 Å². The van der Waals surface area contributed by atoms with Crippen molar-refractivity contribution in [3.63, 3.8) is 0 Å². The predicted molar refractivity (Wildman–Crippen MR) is 83.8 cm³/mol. The molecule has 2 heterocycles. The van der Waals surface area contributed by atoms with Gasteiger partial charge in [-0.2, -0.15) is 0 Å². The van der Waals surface area contributed by atoms with Crippen LogP contribution in [-0.4, -0.2) is 24.5 Å². The molecular formula is C16H18N2OSi. The number of hydrogen-bond donors (Lipinski definition) is 0. The highest BCUT2D eigenvalue weighted by atomic mass is 28.3. The molecule has 1 aromatic heterocycles. The number of benzene rings is 1. The Morgan fingerprint density at radius 1 is 1.10 bits per heavy atom. The summed E-state index contributed by atoms with van der Waals surface area (Å²) >= 11 is 0. The van der Waals surface area contributed by atoms with E-state index < -0.39 is 8.07 Å². The van der Waals surface area contributed by atoms with Crippen LogP contribution in [0.1, 0.15) is 12.0 Å². The predicted octanol–water partition coefficient (Wildman–Crippen LogP) is 2.73. The highest BCUT2D eigenvalue weighted by Crippen LogP contribution is 2.24. The Kier molecular flexibility index (Phi) is 3.40. The molecule has 3 rings (SSSR count). The Labute approximate surface area is 120 Å². The van der Waals surface area contributed by atoms with E-state index in [4.69, 9.17) is 4.84 Å². The van der Waals surface area contributed by atoms with Crippen LogP contribution in [0.15, 0.2) is 60.0 Å². The van der Waals surface area contributed by atoms with Gasteiger partial charge in [0.15, 0.2) is 0 Å². The second-order valence-electron chi connectivity index (χ2n) is 5.67. The SMILES string of the molecule is C[Si](C)(c1ccccc1)C1CC(c2cccnc2)=NO1. The van der Waals surface area contributed by atoms with Crippen LogP contribution in [-0.2, 0) is 4.84 Å². The Morgan fingerprint density at radius 2 is 1.90 bits per heavy atom. The number of nitrogens with zero attached hydrogens (tertiary/aromatic N) is 2. The largest absolute Gasteiger partial charge is 0.395 e. The van der Waals surface area contributed by atoms with Crippen LogP contribution >= 0.6 is 0 Å². The number of rotatable bonds is 3. The molecule has 0 radical (unpaired) electrons. The molecule has 0 aliphatic carbocycles. The Morgan fingerprint density at radius 3 is 2.60 bits per heavy atom. The molecule has 1 atom stereocenters. The average molecular weight is 282 g/mol. The third-order valence-electron chi connectivity index (χ3n) is 3.99. The smallest absolute Gasteiger partial charge is 0.132 e. The van der Waals surface area contributed by atoms with Crippen LogP contribution in [0.2, 0.25) is 13.1 Å². The molecule has 2 aromatic rings. The summed E-state index contributed by atoms with van der Waals surface area (Å²) in [6, 6.07) is 14.6. The van der Waals surface area contributed by atoms with Gasteiger partial charge in [0.25, 0.3) is 0 Å². The van der Waals surface area contributed by atoms with Gasteiger partial charge in [0.05, 0.1) is 5.71 Å². The molecule has 1 aliphatic rings. The van der Waals surface area contributed by atoms with Gasteiger partial charge < -0.3 is 4.84 Å². The Hall–Kier alpha value is -1.94. The van der Waals surface area contributed by atoms with Gasteiger partial charge in [0, 0.05) is 24.4 Å². The van der Waals surface area contributed by atoms with Crippen LogP contribution in [0.3, 0.4) is 0 Å². The summed E-state index contributed by atoms with van der Waals surface area (Å²) in [6.07, 6.45) is 4.50. The first-order valence-electron chi connectivity index (χ1n) is 6.86. The van der Waals surface area contributed by atoms with Gasteiger partial charge in [0.1, 0.15) is 13.8 Å². The fourth-order valence-electron chi connectivity index (χ4n) is 2.52. The van der Waals surface area contributed by atoms with E-state index in [1.165, 1.54) is 5.19 Å². The summed E-state index contributed by atoms with van der Waals surface area (Å²) in [5.41, 5.74) is 2.27. The first-order valence-corrected chi connectivity index (χ1v) is 9.94. The molecule has 20 heavy (non-hydrogen) atoms. The maximum absolute atomic E-state index is 5.76. The van der Waals surface area contributed by atoms with Crippen LogP contribution < -0.4 is 5.19 Å². The summed E-state index contributed by atoms with van der Waals surface area (Å²) in [5, 5.41) is 5.70. The first-order chi connectivity index (χ1) is 9.68. The molecule has 102 valence electrons. The molecule has 1 unspecified atom stereocenters. The van der Waals surface area contributed by atoms with E-state index in [9.17, 15) is 0 Å². The lowest BCUT2D eigenvalue weighted by Gasteiger charge is -2.27. The standard InChI is InChI=1S/C16H18N2OSi/c1-20(2,14-8-4-3-5-9-14)16-11-15(18-19-16)13-7-6-10-17-12-13/h3-10,12,16H,11H2,1-2H3. The lowest BCUT2D eigenvalue weighted by molar-refractivity contribution is 0.135. The highest BCUT2D eigenvalue weighted by molar-refractivity contribution is 6.91. The highest BCUT2D eigenvalue weighted by Gasteiger charge is 2.39. The zero-order valence-electron chi connectivity index (χ0n) is 11.8. The maximum Gasteiger partial charge on any atom is 0.132 e. The molecule has 3 nitrogen and oxygen atoms in total. The van der Waals surface area contributed by atoms with Crippen molar-refractivity contribution in [2.24, 2.45) is 5.16 Å². The second kappa shape index (κ2) is 5.21. The molecule has 4 heteroatoms. The molecular weight excluding hydrogens is 264 g/mol. The Balaban J connectivity index is 1.79. The van der Waals surface area contributed by atoms with Gasteiger partial charge in [-0.3, -0.25) is 4.98 Å². The molecule has 0 amide bonds. The van der Waals surface area contributed by atoms with Crippen molar-refractivity contribution in [3.05, 3.63) is 60.4 Å². The topological polar surface area (TPSA) is 34.5 Å². The van der Waals surface area contributed by atoms with E-state index in [0.717, 1.165) is 17.7 Å². The molecule has 0 saturated carbocycles. The van der Waals surface area contributed by atoms with Gasteiger partial charge in [0.2, 0.25) is 0 Å². The molecule has 0 bridgehead atoms. The van der Waals surface area contributed by atoms with Crippen molar-refractivity contribution in [1.82, 2.24) is 4.98 Å². The van der Waals surface area contributed by atoms with Gasteiger partial charge in [-0.05, 0) is 12.1 Å². The van der Waals surface area contributed by atoms with Crippen molar-refractivity contribution >= 4 is 19.0 Å². The maximum atomic E-state index is 5.76. The monoisotopic (exact) mass is 282 g/mol. The normalized spacial score (nSPS) is 18.5. The van der Waals surface area contributed by atoms with Crippen LogP contribution in [0.5, 0.6) is 0 Å². The van der Waals surface area contributed by atoms with Crippen molar-refractivity contribution in [2.45, 2.75) is 25.2 Å². The third kappa shape index (κ3) is 2.39. The van der Waals surface area contributed by atoms with Gasteiger partial charge >= 0.3 is 0 Å². The molecule has 1 aromatic carbocycles. The zero-order chi connectivity index (χ0) is 14.0. The van der Waals surface area contributed by atoms with Crippen LogP contribution in [0, 0.1) is 0 Å². The lowest BCUT2D eigenvalue weighted by Crippen LogP contribution is -2.52. The fraction of sp³-hybridized carbons (Fsp3) is 0.250. The van der Waals surface area contributed by atoms with E-state index >= 15 is 0 Å². The van der Waals surface area contributed by atoms with Crippen molar-refractivity contribution < 1.29 is 4.84 Å². The minimum absolute atomic E-state index is 0.195. The van der Waals surface area contributed by atoms with Crippen molar-refractivity contribution in [3.8, 4) is 0 Å². The van der Waals surface area contributed by atoms with E-state index in [1.54, 1.807) is 6.20 Å². The number of hydrogen-bond acceptors (Lipinski definition) is 3. The third-order valence-corrected chi connectivity index (χ3v) is 7.73. The number of oxime groups is 1. The van der Waals surface area contributed by atoms with Crippen molar-refractivity contribution in [2.75, 3.05) is 0 Å². The number of pyridine rings is 1.